The summed E-state index contributed by atoms with van der Waals surface area (Å²) in [5, 5.41) is 5.60. The van der Waals surface area contributed by atoms with Gasteiger partial charge in [0, 0.05) is 17.0 Å². The number of hydrogen-bond acceptors (Lipinski definition) is 3. The molecule has 2 rings (SSSR count). The fraction of sp³-hybridized carbons (Fsp3) is 0. The number of rotatable bonds is 1. The Bertz CT molecular complexity index is 667. The van der Waals surface area contributed by atoms with Gasteiger partial charge in [0.25, 0.3) is 0 Å². The van der Waals surface area contributed by atoms with E-state index >= 15 is 0 Å². The number of aromatic nitrogens is 1. The highest BCUT2D eigenvalue weighted by Crippen LogP contribution is 2.26. The first kappa shape index (κ1) is 11.3. The third-order valence-corrected chi connectivity index (χ3v) is 3.25. The SMILES string of the molecule is NS(=O)(=O)c1c(F)ccc2cnc(Cl)cc12. The molecule has 84 valence electrons. The Morgan fingerprint density at radius 1 is 1.38 bits per heavy atom. The van der Waals surface area contributed by atoms with Crippen molar-refractivity contribution in [3.63, 3.8) is 0 Å². The third-order valence-electron chi connectivity index (χ3n) is 2.06. The number of pyridine rings is 1. The predicted octanol–water partition coefficient (Wildman–Crippen LogP) is 1.67. The zero-order valence-corrected chi connectivity index (χ0v) is 9.39. The second-order valence-corrected chi connectivity index (χ2v) is 5.04. The van der Waals surface area contributed by atoms with E-state index in [-0.39, 0.29) is 10.5 Å². The lowest BCUT2D eigenvalue weighted by Gasteiger charge is -2.05. The standard InChI is InChI=1S/C9H6ClFN2O2S/c10-8-3-6-5(4-13-8)1-2-7(11)9(6)16(12,14)15/h1-4H,(H2,12,14,15). The maximum atomic E-state index is 13.4. The van der Waals surface area contributed by atoms with E-state index in [1.165, 1.54) is 18.3 Å². The number of nitrogens with zero attached hydrogens (tertiary/aromatic N) is 1. The van der Waals surface area contributed by atoms with Crippen LogP contribution in [0, 0.1) is 5.82 Å². The van der Waals surface area contributed by atoms with Gasteiger partial charge in [0.1, 0.15) is 15.9 Å². The van der Waals surface area contributed by atoms with Gasteiger partial charge in [0.2, 0.25) is 10.0 Å². The van der Waals surface area contributed by atoms with Crippen LogP contribution in [-0.2, 0) is 10.0 Å². The first-order valence-corrected chi connectivity index (χ1v) is 6.08. The van der Waals surface area contributed by atoms with Gasteiger partial charge < -0.3 is 0 Å². The van der Waals surface area contributed by atoms with Gasteiger partial charge in [-0.15, -0.1) is 0 Å². The molecule has 0 saturated heterocycles. The van der Waals surface area contributed by atoms with Crippen molar-refractivity contribution in [1.29, 1.82) is 0 Å². The highest BCUT2D eigenvalue weighted by Gasteiger charge is 2.18. The molecule has 0 unspecified atom stereocenters. The Balaban J connectivity index is 3.00. The van der Waals surface area contributed by atoms with E-state index in [1.807, 2.05) is 0 Å². The van der Waals surface area contributed by atoms with Crippen molar-refractivity contribution in [1.82, 2.24) is 4.98 Å². The van der Waals surface area contributed by atoms with Crippen molar-refractivity contribution in [2.75, 3.05) is 0 Å². The average Bonchev–Trinajstić information content (AvgIpc) is 2.14. The maximum Gasteiger partial charge on any atom is 0.241 e. The molecule has 2 N–H and O–H groups in total. The molecule has 16 heavy (non-hydrogen) atoms. The molecule has 0 spiro atoms. The third kappa shape index (κ3) is 1.87. The quantitative estimate of drug-likeness (QED) is 0.793. The molecular formula is C9H6ClFN2O2S. The van der Waals surface area contributed by atoms with Crippen LogP contribution in [0.2, 0.25) is 5.15 Å². The fourth-order valence-electron chi connectivity index (χ4n) is 1.43. The zero-order valence-electron chi connectivity index (χ0n) is 7.81. The highest BCUT2D eigenvalue weighted by atomic mass is 35.5. The molecule has 0 amide bonds. The number of primary sulfonamides is 1. The van der Waals surface area contributed by atoms with E-state index in [4.69, 9.17) is 16.7 Å². The summed E-state index contributed by atoms with van der Waals surface area (Å²) in [6.45, 7) is 0. The van der Waals surface area contributed by atoms with E-state index in [2.05, 4.69) is 4.98 Å². The van der Waals surface area contributed by atoms with Crippen molar-refractivity contribution in [3.8, 4) is 0 Å². The Kier molecular flexibility index (Phi) is 2.57. The second-order valence-electron chi connectivity index (χ2n) is 3.15. The van der Waals surface area contributed by atoms with Crippen molar-refractivity contribution >= 4 is 32.4 Å². The number of halogens is 2. The summed E-state index contributed by atoms with van der Waals surface area (Å²) in [6.07, 6.45) is 1.35. The Labute approximate surface area is 95.9 Å². The van der Waals surface area contributed by atoms with E-state index in [1.54, 1.807) is 0 Å². The lowest BCUT2D eigenvalue weighted by molar-refractivity contribution is 0.571. The molecular weight excluding hydrogens is 255 g/mol. The summed E-state index contributed by atoms with van der Waals surface area (Å²) in [5.41, 5.74) is 0. The molecule has 1 aromatic heterocycles. The van der Waals surface area contributed by atoms with Crippen LogP contribution < -0.4 is 5.14 Å². The first-order valence-electron chi connectivity index (χ1n) is 4.16. The van der Waals surface area contributed by atoms with Crippen LogP contribution in [-0.4, -0.2) is 13.4 Å². The average molecular weight is 261 g/mol. The molecule has 2 aromatic rings. The first-order chi connectivity index (χ1) is 7.39. The number of hydrogen-bond donors (Lipinski definition) is 1. The normalized spacial score (nSPS) is 11.9. The molecule has 1 heterocycles. The molecule has 1 aromatic carbocycles. The van der Waals surface area contributed by atoms with Gasteiger partial charge in [-0.3, -0.25) is 0 Å². The van der Waals surface area contributed by atoms with Crippen LogP contribution in [0.3, 0.4) is 0 Å². The van der Waals surface area contributed by atoms with Crippen molar-refractivity contribution in [2.45, 2.75) is 4.90 Å². The number of fused-ring (bicyclic) bond motifs is 1. The van der Waals surface area contributed by atoms with Gasteiger partial charge >= 0.3 is 0 Å². The molecule has 0 aliphatic carbocycles. The minimum absolute atomic E-state index is 0.0722. The fourth-order valence-corrected chi connectivity index (χ4v) is 2.41. The molecule has 4 nitrogen and oxygen atoms in total. The van der Waals surface area contributed by atoms with Gasteiger partial charge in [0.15, 0.2) is 0 Å². The number of benzene rings is 1. The molecule has 0 radical (unpaired) electrons. The molecule has 0 aliphatic heterocycles. The van der Waals surface area contributed by atoms with Gasteiger partial charge in [-0.05, 0) is 18.2 Å². The van der Waals surface area contributed by atoms with E-state index in [0.717, 1.165) is 6.07 Å². The summed E-state index contributed by atoms with van der Waals surface area (Å²) in [7, 11) is -4.14. The van der Waals surface area contributed by atoms with Gasteiger partial charge in [-0.2, -0.15) is 0 Å². The minimum Gasteiger partial charge on any atom is -0.244 e. The van der Waals surface area contributed by atoms with E-state index in [0.29, 0.717) is 5.39 Å². The van der Waals surface area contributed by atoms with Crippen molar-refractivity contribution in [3.05, 3.63) is 35.4 Å². The van der Waals surface area contributed by atoms with Crippen LogP contribution in [0.1, 0.15) is 0 Å². The van der Waals surface area contributed by atoms with Crippen LogP contribution in [0.4, 0.5) is 4.39 Å². The van der Waals surface area contributed by atoms with Crippen LogP contribution in [0.5, 0.6) is 0 Å². The van der Waals surface area contributed by atoms with Crippen LogP contribution in [0.15, 0.2) is 29.3 Å². The smallest absolute Gasteiger partial charge is 0.241 e. The Morgan fingerprint density at radius 3 is 2.69 bits per heavy atom. The molecule has 0 atom stereocenters. The van der Waals surface area contributed by atoms with Crippen LogP contribution in [0.25, 0.3) is 10.8 Å². The summed E-state index contributed by atoms with van der Waals surface area (Å²) >= 11 is 5.62. The maximum absolute atomic E-state index is 13.4. The molecule has 0 bridgehead atoms. The lowest BCUT2D eigenvalue weighted by atomic mass is 10.2. The van der Waals surface area contributed by atoms with E-state index < -0.39 is 20.7 Å². The molecule has 7 heteroatoms. The summed E-state index contributed by atoms with van der Waals surface area (Å²) in [6, 6.07) is 3.69. The Morgan fingerprint density at radius 2 is 2.06 bits per heavy atom. The second kappa shape index (κ2) is 3.65. The Hall–Kier alpha value is -1.24. The molecule has 0 fully saturated rings. The highest BCUT2D eigenvalue weighted by molar-refractivity contribution is 7.89. The summed E-state index contributed by atoms with van der Waals surface area (Å²) < 4.78 is 35.9. The number of nitrogens with two attached hydrogens (primary N) is 1. The van der Waals surface area contributed by atoms with E-state index in [9.17, 15) is 12.8 Å². The van der Waals surface area contributed by atoms with Gasteiger partial charge in [0.05, 0.1) is 0 Å². The molecule has 0 aliphatic rings. The van der Waals surface area contributed by atoms with Crippen LogP contribution >= 0.6 is 11.6 Å². The summed E-state index contributed by atoms with van der Waals surface area (Å²) in [5.74, 6) is -0.905. The van der Waals surface area contributed by atoms with Crippen molar-refractivity contribution in [2.24, 2.45) is 5.14 Å². The van der Waals surface area contributed by atoms with Crippen molar-refractivity contribution < 1.29 is 12.8 Å². The number of sulfonamides is 1. The summed E-state index contributed by atoms with van der Waals surface area (Å²) in [4.78, 5) is 3.21. The predicted molar refractivity (Wildman–Crippen MR) is 58.1 cm³/mol. The lowest BCUT2D eigenvalue weighted by Crippen LogP contribution is -2.14. The molecule has 0 saturated carbocycles. The monoisotopic (exact) mass is 260 g/mol. The zero-order chi connectivity index (χ0) is 11.9. The minimum atomic E-state index is -4.14. The van der Waals surface area contributed by atoms with Gasteiger partial charge in [-0.25, -0.2) is 22.9 Å². The topological polar surface area (TPSA) is 73.1 Å². The van der Waals surface area contributed by atoms with Gasteiger partial charge in [-0.1, -0.05) is 11.6 Å². The largest absolute Gasteiger partial charge is 0.244 e.